The van der Waals surface area contributed by atoms with Crippen LogP contribution in [0.3, 0.4) is 0 Å². The molecule has 5 heterocycles. The van der Waals surface area contributed by atoms with E-state index < -0.39 is 17.8 Å². The van der Waals surface area contributed by atoms with Crippen LogP contribution >= 0.6 is 0 Å². The van der Waals surface area contributed by atoms with Gasteiger partial charge in [0, 0.05) is 37.8 Å². The van der Waals surface area contributed by atoms with E-state index in [4.69, 9.17) is 9.72 Å². The van der Waals surface area contributed by atoms with E-state index >= 15 is 0 Å². The average molecular weight is 558 g/mol. The van der Waals surface area contributed by atoms with Gasteiger partial charge in [-0.05, 0) is 49.1 Å². The topological polar surface area (TPSA) is 106 Å². The van der Waals surface area contributed by atoms with E-state index in [0.29, 0.717) is 61.9 Å². The first-order valence-corrected chi connectivity index (χ1v) is 13.4. The summed E-state index contributed by atoms with van der Waals surface area (Å²) in [4.78, 5) is 34.4. The van der Waals surface area contributed by atoms with Gasteiger partial charge in [0.2, 0.25) is 11.7 Å². The molecule has 3 aromatic rings. The van der Waals surface area contributed by atoms with Gasteiger partial charge in [0.1, 0.15) is 11.7 Å². The summed E-state index contributed by atoms with van der Waals surface area (Å²) in [5.41, 5.74) is 1.66. The maximum Gasteiger partial charge on any atom is 0.416 e. The number of amides is 1. The van der Waals surface area contributed by atoms with Gasteiger partial charge < -0.3 is 20.3 Å². The van der Waals surface area contributed by atoms with Gasteiger partial charge in [-0.25, -0.2) is 0 Å². The lowest BCUT2D eigenvalue weighted by molar-refractivity contribution is -0.137. The molecule has 1 amide bonds. The number of nitrogens with zero attached hydrogens (tertiary/aromatic N) is 5. The zero-order chi connectivity index (χ0) is 28.2. The molecule has 0 saturated carbocycles. The zero-order valence-corrected chi connectivity index (χ0v) is 22.2. The van der Waals surface area contributed by atoms with Crippen molar-refractivity contribution in [1.29, 1.82) is 0 Å². The molecule has 13 heteroatoms. The van der Waals surface area contributed by atoms with Crippen molar-refractivity contribution >= 4 is 28.6 Å². The first kappa shape index (κ1) is 26.5. The minimum absolute atomic E-state index is 0.144. The number of alkyl halides is 3. The number of ether oxygens (including phenoxy) is 1. The Labute approximate surface area is 227 Å². The van der Waals surface area contributed by atoms with Crippen molar-refractivity contribution in [1.82, 2.24) is 24.5 Å². The third-order valence-electron chi connectivity index (χ3n) is 7.86. The van der Waals surface area contributed by atoms with Gasteiger partial charge in [0.05, 0.1) is 24.5 Å². The number of carbonyl (C=O) groups is 1. The van der Waals surface area contributed by atoms with Gasteiger partial charge in [-0.15, -0.1) is 5.10 Å². The summed E-state index contributed by atoms with van der Waals surface area (Å²) in [7, 11) is 0. The van der Waals surface area contributed by atoms with E-state index in [0.717, 1.165) is 36.5 Å². The van der Waals surface area contributed by atoms with Crippen LogP contribution in [0.25, 0.3) is 11.4 Å². The second-order valence-electron chi connectivity index (χ2n) is 10.5. The molecule has 0 bridgehead atoms. The number of piperazine rings is 1. The number of aryl methyl sites for hydroxylation is 1. The first-order valence-electron chi connectivity index (χ1n) is 13.4. The van der Waals surface area contributed by atoms with Crippen molar-refractivity contribution in [3.8, 4) is 0 Å². The Balaban J connectivity index is 1.46. The summed E-state index contributed by atoms with van der Waals surface area (Å²) in [5, 5.41) is 10.7. The highest BCUT2D eigenvalue weighted by Crippen LogP contribution is 2.42. The standard InChI is InChI=1S/C27H30F3N7O3/c1-15-13-18(27(28,29)30)3-4-19(15)32-24(38)20-14-16(2)21-22(35-9-7-31-8-10-35)25(39)37-26(36(20)21)33-23(34-37)17-5-11-40-12-6-17/h3-5,13,16,20,31H,6-12,14H2,1-2H3,(H,32,38)/t16-,20-/m0/s1. The molecule has 1 saturated heterocycles. The van der Waals surface area contributed by atoms with E-state index in [-0.39, 0.29) is 23.2 Å². The van der Waals surface area contributed by atoms with Crippen LogP contribution in [0.2, 0.25) is 0 Å². The molecular formula is C27H30F3N7O3. The van der Waals surface area contributed by atoms with Crippen molar-refractivity contribution < 1.29 is 22.7 Å². The summed E-state index contributed by atoms with van der Waals surface area (Å²) in [5.74, 6) is 0.161. The number of aromatic nitrogens is 4. The van der Waals surface area contributed by atoms with Gasteiger partial charge in [-0.2, -0.15) is 22.7 Å². The number of carbonyl (C=O) groups excluding carboxylic acids is 1. The van der Waals surface area contributed by atoms with Crippen LogP contribution in [0.5, 0.6) is 0 Å². The molecule has 6 rings (SSSR count). The van der Waals surface area contributed by atoms with Gasteiger partial charge in [0.25, 0.3) is 5.56 Å². The Bertz CT molecular complexity index is 1570. The van der Waals surface area contributed by atoms with E-state index in [1.807, 2.05) is 17.9 Å². The molecule has 2 atom stereocenters. The van der Waals surface area contributed by atoms with Crippen molar-refractivity contribution in [2.75, 3.05) is 49.6 Å². The van der Waals surface area contributed by atoms with Crippen molar-refractivity contribution in [2.45, 2.75) is 44.8 Å². The number of halogens is 3. The number of benzene rings is 1. The maximum atomic E-state index is 13.9. The van der Waals surface area contributed by atoms with E-state index in [2.05, 4.69) is 15.7 Å². The fourth-order valence-electron chi connectivity index (χ4n) is 5.83. The first-order chi connectivity index (χ1) is 19.1. The minimum atomic E-state index is -4.48. The zero-order valence-electron chi connectivity index (χ0n) is 22.2. The fraction of sp³-hybridized carbons (Fsp3) is 0.481. The lowest BCUT2D eigenvalue weighted by Crippen LogP contribution is -2.46. The molecule has 2 N–H and O–H groups in total. The Morgan fingerprint density at radius 2 is 2.00 bits per heavy atom. The molecule has 3 aliphatic rings. The number of rotatable bonds is 4. The fourth-order valence-corrected chi connectivity index (χ4v) is 5.83. The maximum absolute atomic E-state index is 13.9. The quantitative estimate of drug-likeness (QED) is 0.508. The predicted molar refractivity (Wildman–Crippen MR) is 143 cm³/mol. The number of nitrogens with one attached hydrogen (secondary N) is 2. The molecule has 0 spiro atoms. The highest BCUT2D eigenvalue weighted by Gasteiger charge is 2.40. The predicted octanol–water partition coefficient (Wildman–Crippen LogP) is 3.12. The Kier molecular flexibility index (Phi) is 6.65. The second-order valence-corrected chi connectivity index (χ2v) is 10.5. The molecule has 40 heavy (non-hydrogen) atoms. The Hall–Kier alpha value is -3.71. The van der Waals surface area contributed by atoms with Gasteiger partial charge in [-0.1, -0.05) is 13.0 Å². The normalized spacial score (nSPS) is 21.4. The molecule has 3 aliphatic heterocycles. The third-order valence-corrected chi connectivity index (χ3v) is 7.86. The van der Waals surface area contributed by atoms with E-state index in [1.54, 1.807) is 4.57 Å². The number of hydrogen-bond acceptors (Lipinski definition) is 7. The molecule has 1 fully saturated rings. The largest absolute Gasteiger partial charge is 0.416 e. The monoisotopic (exact) mass is 557 g/mol. The average Bonchev–Trinajstić information content (AvgIpc) is 3.53. The van der Waals surface area contributed by atoms with Crippen LogP contribution in [0.1, 0.15) is 54.4 Å². The summed E-state index contributed by atoms with van der Waals surface area (Å²) in [6, 6.07) is 2.51. The smallest absolute Gasteiger partial charge is 0.377 e. The number of hydrogen-bond donors (Lipinski definition) is 2. The number of anilines is 2. The van der Waals surface area contributed by atoms with E-state index in [1.165, 1.54) is 17.5 Å². The lowest BCUT2D eigenvalue weighted by Gasteiger charge is -2.31. The summed E-state index contributed by atoms with van der Waals surface area (Å²) >= 11 is 0. The van der Waals surface area contributed by atoms with Gasteiger partial charge in [0.15, 0.2) is 5.82 Å². The van der Waals surface area contributed by atoms with Crippen LogP contribution in [0.15, 0.2) is 29.1 Å². The second kappa shape index (κ2) is 10.0. The summed E-state index contributed by atoms with van der Waals surface area (Å²) in [6.07, 6.45) is -1.57. The summed E-state index contributed by atoms with van der Waals surface area (Å²) in [6.45, 7) is 7.16. The third kappa shape index (κ3) is 4.56. The molecular weight excluding hydrogens is 527 g/mol. The van der Waals surface area contributed by atoms with Gasteiger partial charge >= 0.3 is 6.18 Å². The van der Waals surface area contributed by atoms with Crippen LogP contribution in [-0.2, 0) is 15.7 Å². The van der Waals surface area contributed by atoms with Crippen LogP contribution < -0.4 is 21.1 Å². The van der Waals surface area contributed by atoms with Crippen LogP contribution in [-0.4, -0.2) is 64.5 Å². The molecule has 10 nitrogen and oxygen atoms in total. The minimum Gasteiger partial charge on any atom is -0.377 e. The van der Waals surface area contributed by atoms with Crippen molar-refractivity contribution in [2.24, 2.45) is 0 Å². The molecule has 0 unspecified atom stereocenters. The lowest BCUT2D eigenvalue weighted by atomic mass is 10.0. The Morgan fingerprint density at radius 3 is 2.67 bits per heavy atom. The SMILES string of the molecule is Cc1cc(C(F)(F)F)ccc1NC(=O)[C@@H]1C[C@H](C)c2c(N3CCNCC3)c(=O)n3nc(C4=CCOCC4)nc3n21. The van der Waals surface area contributed by atoms with Gasteiger partial charge in [-0.3, -0.25) is 14.2 Å². The molecule has 2 aromatic heterocycles. The Morgan fingerprint density at radius 1 is 1.23 bits per heavy atom. The summed E-state index contributed by atoms with van der Waals surface area (Å²) < 4.78 is 48.0. The van der Waals surface area contributed by atoms with Crippen LogP contribution in [0, 0.1) is 6.92 Å². The van der Waals surface area contributed by atoms with E-state index in [9.17, 15) is 22.8 Å². The van der Waals surface area contributed by atoms with Crippen LogP contribution in [0.4, 0.5) is 24.5 Å². The van der Waals surface area contributed by atoms with Crippen molar-refractivity contribution in [3.05, 3.63) is 57.3 Å². The molecule has 0 radical (unpaired) electrons. The molecule has 1 aromatic carbocycles. The highest BCUT2D eigenvalue weighted by molar-refractivity contribution is 5.95. The molecule has 212 valence electrons. The number of fused-ring (bicyclic) bond motifs is 3. The highest BCUT2D eigenvalue weighted by atomic mass is 19.4. The van der Waals surface area contributed by atoms with Crippen molar-refractivity contribution in [3.63, 3.8) is 0 Å². The molecule has 0 aliphatic carbocycles.